The molecular formula is C15H10BrFN2O. The summed E-state index contributed by atoms with van der Waals surface area (Å²) < 4.78 is 14.1. The van der Waals surface area contributed by atoms with Gasteiger partial charge in [-0.25, -0.2) is 9.49 Å². The van der Waals surface area contributed by atoms with Gasteiger partial charge in [-0.3, -0.25) is 4.79 Å². The van der Waals surface area contributed by atoms with Crippen molar-refractivity contribution < 1.29 is 4.39 Å². The monoisotopic (exact) mass is 332 g/mol. The Morgan fingerprint density at radius 3 is 2.65 bits per heavy atom. The summed E-state index contributed by atoms with van der Waals surface area (Å²) in [5.74, 6) is -0.303. The zero-order chi connectivity index (χ0) is 14.1. The molecular weight excluding hydrogens is 323 g/mol. The van der Waals surface area contributed by atoms with Crippen LogP contribution in [0.25, 0.3) is 10.8 Å². The number of nitrogens with one attached hydrogen (secondary N) is 1. The zero-order valence-corrected chi connectivity index (χ0v) is 11.9. The number of halogens is 2. The molecule has 0 aliphatic heterocycles. The Balaban J connectivity index is 2.11. The van der Waals surface area contributed by atoms with Gasteiger partial charge >= 0.3 is 0 Å². The molecule has 0 bridgehead atoms. The lowest BCUT2D eigenvalue weighted by Gasteiger charge is -2.06. The van der Waals surface area contributed by atoms with Crippen molar-refractivity contribution in [3.63, 3.8) is 0 Å². The van der Waals surface area contributed by atoms with Crippen LogP contribution in [0.15, 0.2) is 51.7 Å². The third-order valence-electron chi connectivity index (χ3n) is 3.07. The molecule has 1 heterocycles. The van der Waals surface area contributed by atoms with E-state index in [1.165, 1.54) is 12.1 Å². The predicted octanol–water partition coefficient (Wildman–Crippen LogP) is 3.42. The molecule has 1 aromatic heterocycles. The van der Waals surface area contributed by atoms with Crippen LogP contribution in [-0.2, 0) is 6.42 Å². The molecule has 0 saturated heterocycles. The second-order valence-electron chi connectivity index (χ2n) is 4.50. The van der Waals surface area contributed by atoms with Gasteiger partial charge in [0, 0.05) is 16.3 Å². The fourth-order valence-corrected chi connectivity index (χ4v) is 2.73. The molecule has 1 N–H and O–H groups in total. The average Bonchev–Trinajstić information content (AvgIpc) is 2.41. The highest BCUT2D eigenvalue weighted by molar-refractivity contribution is 9.10. The molecule has 3 aromatic rings. The highest BCUT2D eigenvalue weighted by Gasteiger charge is 2.08. The Hall–Kier alpha value is -2.01. The normalized spacial score (nSPS) is 10.9. The SMILES string of the molecule is O=c1[nH]nc(Cc2cc(F)cc(Br)c2)c2ccccc12. The lowest BCUT2D eigenvalue weighted by Crippen LogP contribution is -2.11. The molecule has 20 heavy (non-hydrogen) atoms. The number of aromatic amines is 1. The number of hydrogen-bond acceptors (Lipinski definition) is 2. The maximum atomic E-state index is 13.4. The number of H-pyrrole nitrogens is 1. The van der Waals surface area contributed by atoms with Gasteiger partial charge in [-0.05, 0) is 29.8 Å². The Morgan fingerprint density at radius 2 is 1.90 bits per heavy atom. The van der Waals surface area contributed by atoms with E-state index in [1.54, 1.807) is 12.1 Å². The van der Waals surface area contributed by atoms with E-state index in [0.717, 1.165) is 16.6 Å². The van der Waals surface area contributed by atoms with Gasteiger partial charge in [0.15, 0.2) is 0 Å². The Kier molecular flexibility index (Phi) is 3.36. The molecule has 0 unspecified atom stereocenters. The number of hydrogen-bond donors (Lipinski definition) is 1. The summed E-state index contributed by atoms with van der Waals surface area (Å²) in [5.41, 5.74) is 1.30. The van der Waals surface area contributed by atoms with Crippen molar-refractivity contribution in [1.82, 2.24) is 10.2 Å². The van der Waals surface area contributed by atoms with Crippen molar-refractivity contribution in [3.05, 3.63) is 74.4 Å². The number of aromatic nitrogens is 2. The minimum Gasteiger partial charge on any atom is -0.267 e. The van der Waals surface area contributed by atoms with E-state index in [-0.39, 0.29) is 11.4 Å². The summed E-state index contributed by atoms with van der Waals surface area (Å²) in [5, 5.41) is 7.95. The largest absolute Gasteiger partial charge is 0.272 e. The molecule has 0 amide bonds. The van der Waals surface area contributed by atoms with Crippen molar-refractivity contribution in [2.24, 2.45) is 0 Å². The van der Waals surface area contributed by atoms with E-state index >= 15 is 0 Å². The Bertz CT molecular complexity index is 824. The van der Waals surface area contributed by atoms with E-state index in [2.05, 4.69) is 26.1 Å². The first-order valence-corrected chi connectivity index (χ1v) is 6.84. The molecule has 2 aromatic carbocycles. The number of benzene rings is 2. The maximum absolute atomic E-state index is 13.4. The molecule has 0 aliphatic carbocycles. The van der Waals surface area contributed by atoms with Crippen molar-refractivity contribution in [2.75, 3.05) is 0 Å². The van der Waals surface area contributed by atoms with Gasteiger partial charge in [-0.2, -0.15) is 5.10 Å². The standard InChI is InChI=1S/C15H10BrFN2O/c16-10-5-9(6-11(17)8-10)7-14-12-3-1-2-4-13(12)15(20)19-18-14/h1-6,8H,7H2,(H,19,20). The van der Waals surface area contributed by atoms with Crippen molar-refractivity contribution in [2.45, 2.75) is 6.42 Å². The minimum absolute atomic E-state index is 0.218. The lowest BCUT2D eigenvalue weighted by molar-refractivity contribution is 0.625. The second-order valence-corrected chi connectivity index (χ2v) is 5.42. The molecule has 0 aliphatic rings. The number of nitrogens with zero attached hydrogens (tertiary/aromatic N) is 1. The van der Waals surface area contributed by atoms with Crippen LogP contribution in [0.4, 0.5) is 4.39 Å². The van der Waals surface area contributed by atoms with Crippen LogP contribution in [0.1, 0.15) is 11.3 Å². The summed E-state index contributed by atoms with van der Waals surface area (Å²) >= 11 is 3.27. The molecule has 3 rings (SSSR count). The minimum atomic E-state index is -0.303. The fraction of sp³-hybridized carbons (Fsp3) is 0.0667. The fourth-order valence-electron chi connectivity index (χ4n) is 2.21. The third kappa shape index (κ3) is 2.49. The molecule has 0 radical (unpaired) electrons. The van der Waals surface area contributed by atoms with Gasteiger partial charge < -0.3 is 0 Å². The van der Waals surface area contributed by atoms with E-state index < -0.39 is 0 Å². The van der Waals surface area contributed by atoms with Gasteiger partial charge in [0.2, 0.25) is 0 Å². The first-order valence-electron chi connectivity index (χ1n) is 6.05. The van der Waals surface area contributed by atoms with Crippen molar-refractivity contribution in [3.8, 4) is 0 Å². The molecule has 0 spiro atoms. The van der Waals surface area contributed by atoms with E-state index in [4.69, 9.17) is 0 Å². The average molecular weight is 333 g/mol. The van der Waals surface area contributed by atoms with Crippen LogP contribution < -0.4 is 5.56 Å². The van der Waals surface area contributed by atoms with Crippen LogP contribution in [0.2, 0.25) is 0 Å². The molecule has 3 nitrogen and oxygen atoms in total. The van der Waals surface area contributed by atoms with Crippen molar-refractivity contribution >= 4 is 26.7 Å². The highest BCUT2D eigenvalue weighted by atomic mass is 79.9. The number of rotatable bonds is 2. The molecule has 0 saturated carbocycles. The van der Waals surface area contributed by atoms with Crippen LogP contribution in [-0.4, -0.2) is 10.2 Å². The van der Waals surface area contributed by atoms with E-state index in [1.807, 2.05) is 18.2 Å². The third-order valence-corrected chi connectivity index (χ3v) is 3.53. The summed E-state index contributed by atoms with van der Waals surface area (Å²) in [6.07, 6.45) is 0.452. The van der Waals surface area contributed by atoms with Crippen LogP contribution in [0.5, 0.6) is 0 Å². The summed E-state index contributed by atoms with van der Waals surface area (Å²) in [6.45, 7) is 0. The van der Waals surface area contributed by atoms with Gasteiger partial charge in [-0.1, -0.05) is 34.1 Å². The first-order chi connectivity index (χ1) is 9.63. The van der Waals surface area contributed by atoms with Gasteiger partial charge in [-0.15, -0.1) is 0 Å². The Labute approximate surface area is 122 Å². The topological polar surface area (TPSA) is 45.8 Å². The molecule has 100 valence electrons. The summed E-state index contributed by atoms with van der Waals surface area (Å²) in [6, 6.07) is 12.0. The summed E-state index contributed by atoms with van der Waals surface area (Å²) in [4.78, 5) is 11.7. The van der Waals surface area contributed by atoms with Crippen LogP contribution in [0, 0.1) is 5.82 Å². The Morgan fingerprint density at radius 1 is 1.15 bits per heavy atom. The highest BCUT2D eigenvalue weighted by Crippen LogP contribution is 2.20. The van der Waals surface area contributed by atoms with E-state index in [0.29, 0.717) is 16.3 Å². The van der Waals surface area contributed by atoms with E-state index in [9.17, 15) is 9.18 Å². The van der Waals surface area contributed by atoms with Crippen LogP contribution >= 0.6 is 15.9 Å². The molecule has 5 heteroatoms. The quantitative estimate of drug-likeness (QED) is 0.781. The number of fused-ring (bicyclic) bond motifs is 1. The maximum Gasteiger partial charge on any atom is 0.272 e. The zero-order valence-electron chi connectivity index (χ0n) is 10.4. The van der Waals surface area contributed by atoms with Crippen molar-refractivity contribution in [1.29, 1.82) is 0 Å². The lowest BCUT2D eigenvalue weighted by atomic mass is 10.0. The smallest absolute Gasteiger partial charge is 0.267 e. The first kappa shape index (κ1) is 13.0. The summed E-state index contributed by atoms with van der Waals surface area (Å²) in [7, 11) is 0. The second kappa shape index (κ2) is 5.17. The predicted molar refractivity (Wildman–Crippen MR) is 79.3 cm³/mol. The van der Waals surface area contributed by atoms with Gasteiger partial charge in [0.1, 0.15) is 5.82 Å². The molecule has 0 fully saturated rings. The van der Waals surface area contributed by atoms with Crippen LogP contribution in [0.3, 0.4) is 0 Å². The molecule has 0 atom stereocenters. The van der Waals surface area contributed by atoms with Gasteiger partial charge in [0.05, 0.1) is 11.1 Å². The van der Waals surface area contributed by atoms with Gasteiger partial charge in [0.25, 0.3) is 5.56 Å².